The van der Waals surface area contributed by atoms with E-state index in [1.165, 1.54) is 10.7 Å². The number of fused-ring (bicyclic) bond motifs is 1. The van der Waals surface area contributed by atoms with Crippen LogP contribution >= 0.6 is 0 Å². The minimum atomic E-state index is -0.370. The van der Waals surface area contributed by atoms with Crippen LogP contribution in [0.4, 0.5) is 0 Å². The van der Waals surface area contributed by atoms with E-state index in [2.05, 4.69) is 20.7 Å². The number of carbonyl (C=O) groups is 2. The number of rotatable bonds is 3. The van der Waals surface area contributed by atoms with E-state index in [1.54, 1.807) is 18.3 Å². The van der Waals surface area contributed by atoms with E-state index in [4.69, 9.17) is 4.74 Å². The Morgan fingerprint density at radius 3 is 3.12 bits per heavy atom. The highest BCUT2D eigenvalue weighted by Gasteiger charge is 2.49. The highest BCUT2D eigenvalue weighted by molar-refractivity contribution is 5.93. The summed E-state index contributed by atoms with van der Waals surface area (Å²) in [6.07, 6.45) is 5.09. The predicted molar refractivity (Wildman–Crippen MR) is 84.4 cm³/mol. The molecule has 2 aliphatic heterocycles. The SMILES string of the molecule is O=C(NCC1CC2(CCNCC2)C(=O)O1)c1cnc2cccnn12. The third-order valence-electron chi connectivity index (χ3n) is 4.89. The van der Waals surface area contributed by atoms with Gasteiger partial charge in [0.1, 0.15) is 11.8 Å². The highest BCUT2D eigenvalue weighted by atomic mass is 16.6. The normalized spacial score (nSPS) is 22.7. The lowest BCUT2D eigenvalue weighted by Gasteiger charge is -2.29. The lowest BCUT2D eigenvalue weighted by molar-refractivity contribution is -0.149. The van der Waals surface area contributed by atoms with Gasteiger partial charge in [-0.15, -0.1) is 0 Å². The fourth-order valence-electron chi connectivity index (χ4n) is 3.55. The maximum atomic E-state index is 12.4. The first kappa shape index (κ1) is 15.1. The zero-order chi connectivity index (χ0) is 16.6. The van der Waals surface area contributed by atoms with Crippen molar-refractivity contribution < 1.29 is 14.3 Å². The molecule has 1 unspecified atom stereocenters. The van der Waals surface area contributed by atoms with Gasteiger partial charge in [0, 0.05) is 12.6 Å². The molecule has 2 aromatic rings. The summed E-state index contributed by atoms with van der Waals surface area (Å²) in [4.78, 5) is 28.7. The number of carbonyl (C=O) groups excluding carboxylic acids is 2. The first-order valence-corrected chi connectivity index (χ1v) is 8.17. The third kappa shape index (κ3) is 2.52. The van der Waals surface area contributed by atoms with E-state index in [9.17, 15) is 9.59 Å². The van der Waals surface area contributed by atoms with Crippen LogP contribution in [0.25, 0.3) is 5.65 Å². The Kier molecular flexibility index (Phi) is 3.68. The lowest BCUT2D eigenvalue weighted by atomic mass is 9.76. The molecule has 0 saturated carbocycles. The largest absolute Gasteiger partial charge is 0.460 e. The monoisotopic (exact) mass is 329 g/mol. The van der Waals surface area contributed by atoms with Gasteiger partial charge < -0.3 is 15.4 Å². The van der Waals surface area contributed by atoms with Gasteiger partial charge in [-0.3, -0.25) is 9.59 Å². The summed E-state index contributed by atoms with van der Waals surface area (Å²) < 4.78 is 6.98. The number of aromatic nitrogens is 3. The van der Waals surface area contributed by atoms with Gasteiger partial charge in [-0.1, -0.05) is 0 Å². The Morgan fingerprint density at radius 2 is 2.29 bits per heavy atom. The minimum Gasteiger partial charge on any atom is -0.460 e. The Bertz CT molecular complexity index is 781. The molecule has 0 bridgehead atoms. The van der Waals surface area contributed by atoms with Crippen molar-refractivity contribution in [3.05, 3.63) is 30.2 Å². The number of amides is 1. The number of cyclic esters (lactones) is 1. The van der Waals surface area contributed by atoms with Crippen molar-refractivity contribution in [1.29, 1.82) is 0 Å². The van der Waals surface area contributed by atoms with Crippen LogP contribution in [0.2, 0.25) is 0 Å². The number of esters is 1. The fourth-order valence-corrected chi connectivity index (χ4v) is 3.55. The first-order chi connectivity index (χ1) is 11.7. The third-order valence-corrected chi connectivity index (χ3v) is 4.89. The number of ether oxygens (including phenoxy) is 1. The summed E-state index contributed by atoms with van der Waals surface area (Å²) in [7, 11) is 0. The van der Waals surface area contributed by atoms with Crippen LogP contribution in [0.3, 0.4) is 0 Å². The van der Waals surface area contributed by atoms with Crippen molar-refractivity contribution in [2.75, 3.05) is 19.6 Å². The molecule has 24 heavy (non-hydrogen) atoms. The minimum absolute atomic E-state index is 0.125. The summed E-state index contributed by atoms with van der Waals surface area (Å²) >= 11 is 0. The van der Waals surface area contributed by atoms with Crippen LogP contribution in [-0.4, -0.2) is 52.2 Å². The molecule has 2 aromatic heterocycles. The average molecular weight is 329 g/mol. The molecule has 1 amide bonds. The second-order valence-corrected chi connectivity index (χ2v) is 6.41. The van der Waals surface area contributed by atoms with Gasteiger partial charge in [-0.2, -0.15) is 5.10 Å². The molecule has 0 aliphatic carbocycles. The summed E-state index contributed by atoms with van der Waals surface area (Å²) in [5, 5.41) is 10.2. The zero-order valence-corrected chi connectivity index (χ0v) is 13.2. The van der Waals surface area contributed by atoms with Gasteiger partial charge in [0.15, 0.2) is 5.65 Å². The highest BCUT2D eigenvalue weighted by Crippen LogP contribution is 2.41. The summed E-state index contributed by atoms with van der Waals surface area (Å²) in [5.41, 5.74) is 0.612. The molecule has 2 saturated heterocycles. The van der Waals surface area contributed by atoms with Gasteiger partial charge in [-0.25, -0.2) is 9.50 Å². The summed E-state index contributed by atoms with van der Waals surface area (Å²) in [6, 6.07) is 3.55. The van der Waals surface area contributed by atoms with Crippen molar-refractivity contribution in [2.45, 2.75) is 25.4 Å². The molecular weight excluding hydrogens is 310 g/mol. The van der Waals surface area contributed by atoms with Crippen LogP contribution in [0.1, 0.15) is 29.8 Å². The molecule has 0 aromatic carbocycles. The summed E-state index contributed by atoms with van der Waals surface area (Å²) in [6.45, 7) is 1.98. The molecular formula is C16H19N5O3. The maximum Gasteiger partial charge on any atom is 0.312 e. The van der Waals surface area contributed by atoms with Gasteiger partial charge in [0.2, 0.25) is 0 Å². The first-order valence-electron chi connectivity index (χ1n) is 8.17. The van der Waals surface area contributed by atoms with Crippen molar-refractivity contribution in [2.24, 2.45) is 5.41 Å². The molecule has 4 rings (SSSR count). The van der Waals surface area contributed by atoms with Crippen LogP contribution in [-0.2, 0) is 9.53 Å². The quantitative estimate of drug-likeness (QED) is 0.778. The number of piperidine rings is 1. The van der Waals surface area contributed by atoms with E-state index in [0.717, 1.165) is 25.9 Å². The van der Waals surface area contributed by atoms with Crippen molar-refractivity contribution in [3.8, 4) is 0 Å². The standard InChI is InChI=1S/C16H19N5O3/c22-14(12-10-18-13-2-1-5-20-21(12)13)19-9-11-8-16(15(23)24-11)3-6-17-7-4-16/h1-2,5,10-11,17H,3-4,6-9H2,(H,19,22). The van der Waals surface area contributed by atoms with E-state index in [0.29, 0.717) is 24.3 Å². The average Bonchev–Trinajstić information content (AvgIpc) is 3.16. The van der Waals surface area contributed by atoms with Crippen LogP contribution in [0.15, 0.2) is 24.5 Å². The number of imidazole rings is 1. The zero-order valence-electron chi connectivity index (χ0n) is 13.2. The number of hydrogen-bond donors (Lipinski definition) is 2. The number of nitrogens with zero attached hydrogens (tertiary/aromatic N) is 3. The van der Waals surface area contributed by atoms with Gasteiger partial charge in [0.05, 0.1) is 18.2 Å². The molecule has 8 heteroatoms. The molecule has 8 nitrogen and oxygen atoms in total. The molecule has 2 aliphatic rings. The van der Waals surface area contributed by atoms with Gasteiger partial charge in [-0.05, 0) is 38.1 Å². The second-order valence-electron chi connectivity index (χ2n) is 6.41. The summed E-state index contributed by atoms with van der Waals surface area (Å²) in [5.74, 6) is -0.400. The Hall–Kier alpha value is -2.48. The molecule has 1 atom stereocenters. The number of hydrogen-bond acceptors (Lipinski definition) is 6. The molecule has 126 valence electrons. The van der Waals surface area contributed by atoms with Crippen molar-refractivity contribution >= 4 is 17.5 Å². The second kappa shape index (κ2) is 5.86. The van der Waals surface area contributed by atoms with Crippen molar-refractivity contribution in [1.82, 2.24) is 25.2 Å². The van der Waals surface area contributed by atoms with Crippen LogP contribution < -0.4 is 10.6 Å². The molecule has 0 radical (unpaired) electrons. The molecule has 4 heterocycles. The van der Waals surface area contributed by atoms with E-state index >= 15 is 0 Å². The molecule has 2 fully saturated rings. The Labute approximate surface area is 138 Å². The fraction of sp³-hybridized carbons (Fsp3) is 0.500. The molecule has 2 N–H and O–H groups in total. The topological polar surface area (TPSA) is 97.6 Å². The lowest BCUT2D eigenvalue weighted by Crippen LogP contribution is -2.39. The number of nitrogens with one attached hydrogen (secondary N) is 2. The smallest absolute Gasteiger partial charge is 0.312 e. The maximum absolute atomic E-state index is 12.4. The van der Waals surface area contributed by atoms with E-state index in [1.807, 2.05) is 0 Å². The van der Waals surface area contributed by atoms with Gasteiger partial charge in [0.25, 0.3) is 5.91 Å². The van der Waals surface area contributed by atoms with Crippen molar-refractivity contribution in [3.63, 3.8) is 0 Å². The Balaban J connectivity index is 1.40. The van der Waals surface area contributed by atoms with E-state index < -0.39 is 0 Å². The predicted octanol–water partition coefficient (Wildman–Crippen LogP) is 0.144. The van der Waals surface area contributed by atoms with Crippen LogP contribution in [0, 0.1) is 5.41 Å². The van der Waals surface area contributed by atoms with E-state index in [-0.39, 0.29) is 23.4 Å². The Morgan fingerprint density at radius 1 is 1.46 bits per heavy atom. The van der Waals surface area contributed by atoms with Crippen LogP contribution in [0.5, 0.6) is 0 Å². The molecule has 1 spiro atoms. The van der Waals surface area contributed by atoms with Gasteiger partial charge >= 0.3 is 5.97 Å².